The highest BCUT2D eigenvalue weighted by Crippen LogP contribution is 2.43. The maximum absolute atomic E-state index is 12.6. The second-order valence-corrected chi connectivity index (χ2v) is 14.6. The molecule has 0 fully saturated rings. The predicted molar refractivity (Wildman–Crippen MR) is 210 cm³/mol. The fourth-order valence-corrected chi connectivity index (χ4v) is 6.00. The second kappa shape index (κ2) is 38.7. The summed E-state index contributed by atoms with van der Waals surface area (Å²) in [4.78, 5) is 22.4. The summed E-state index contributed by atoms with van der Waals surface area (Å²) in [6.07, 6.45) is 44.0. The van der Waals surface area contributed by atoms with Crippen molar-refractivity contribution < 1.29 is 32.8 Å². The van der Waals surface area contributed by atoms with E-state index in [4.69, 9.17) is 24.3 Å². The Labute approximate surface area is 307 Å². The Morgan fingerprint density at radius 3 is 1.64 bits per heavy atom. The van der Waals surface area contributed by atoms with Crippen molar-refractivity contribution in [1.82, 2.24) is 0 Å². The van der Waals surface area contributed by atoms with E-state index in [0.717, 1.165) is 70.6 Å². The third-order valence-electron chi connectivity index (χ3n) is 8.20. The van der Waals surface area contributed by atoms with Crippen molar-refractivity contribution in [1.29, 1.82) is 0 Å². The Kier molecular flexibility index (Phi) is 37.5. The van der Waals surface area contributed by atoms with Crippen molar-refractivity contribution in [3.05, 3.63) is 48.6 Å². The number of phosphoric ester groups is 1. The first-order chi connectivity index (χ1) is 24.4. The maximum Gasteiger partial charge on any atom is 0.472 e. The predicted octanol–water partition coefficient (Wildman–Crippen LogP) is 11.6. The van der Waals surface area contributed by atoms with Gasteiger partial charge in [-0.3, -0.25) is 13.8 Å². The van der Waals surface area contributed by atoms with Crippen molar-refractivity contribution in [2.24, 2.45) is 5.73 Å². The number of rotatable bonds is 38. The van der Waals surface area contributed by atoms with Gasteiger partial charge in [0.1, 0.15) is 6.10 Å². The average Bonchev–Trinajstić information content (AvgIpc) is 3.10. The van der Waals surface area contributed by atoms with E-state index in [9.17, 15) is 14.3 Å². The SMILES string of the molecule is CCC/C=C\C/C=C\CCCCCCCCOCC(COP(=O)(O)OCCN)OC(=O)CCCCCCCCC/C=C\C/C=C\CCCCC. The van der Waals surface area contributed by atoms with Gasteiger partial charge in [-0.05, 0) is 70.6 Å². The van der Waals surface area contributed by atoms with Crippen LogP contribution >= 0.6 is 7.82 Å². The monoisotopic (exact) mass is 726 g/mol. The summed E-state index contributed by atoms with van der Waals surface area (Å²) in [6, 6.07) is 0. The van der Waals surface area contributed by atoms with Crippen LogP contribution in [0.3, 0.4) is 0 Å². The Morgan fingerprint density at radius 2 is 1.10 bits per heavy atom. The number of phosphoric acid groups is 1. The largest absolute Gasteiger partial charge is 0.472 e. The summed E-state index contributed by atoms with van der Waals surface area (Å²) in [6.45, 7) is 4.79. The topological polar surface area (TPSA) is 117 Å². The van der Waals surface area contributed by atoms with Crippen molar-refractivity contribution in [2.45, 2.75) is 174 Å². The second-order valence-electron chi connectivity index (χ2n) is 13.1. The fourth-order valence-electron chi connectivity index (χ4n) is 5.24. The van der Waals surface area contributed by atoms with Crippen LogP contribution in [0.5, 0.6) is 0 Å². The molecule has 0 radical (unpaired) electrons. The first kappa shape index (κ1) is 48.5. The summed E-state index contributed by atoms with van der Waals surface area (Å²) in [5.41, 5.74) is 5.36. The summed E-state index contributed by atoms with van der Waals surface area (Å²) >= 11 is 0. The number of carbonyl (C=O) groups is 1. The van der Waals surface area contributed by atoms with E-state index >= 15 is 0 Å². The minimum atomic E-state index is -4.28. The van der Waals surface area contributed by atoms with Gasteiger partial charge in [-0.1, -0.05) is 140 Å². The van der Waals surface area contributed by atoms with E-state index < -0.39 is 13.9 Å². The van der Waals surface area contributed by atoms with Crippen LogP contribution in [0.2, 0.25) is 0 Å². The van der Waals surface area contributed by atoms with Crippen molar-refractivity contribution in [3.63, 3.8) is 0 Å². The zero-order valence-electron chi connectivity index (χ0n) is 32.1. The molecule has 0 spiro atoms. The molecular formula is C41H76NO7P. The molecule has 0 heterocycles. The van der Waals surface area contributed by atoms with Crippen molar-refractivity contribution in [3.8, 4) is 0 Å². The number of nitrogens with two attached hydrogens (primary N) is 1. The molecule has 2 atom stereocenters. The highest BCUT2D eigenvalue weighted by molar-refractivity contribution is 7.47. The highest BCUT2D eigenvalue weighted by atomic mass is 31.2. The lowest BCUT2D eigenvalue weighted by molar-refractivity contribution is -0.154. The number of hydrogen-bond acceptors (Lipinski definition) is 7. The average molecular weight is 726 g/mol. The standard InChI is InChI=1S/C41H76NO7P/c1-3-5-7-9-11-13-15-17-19-20-21-22-24-26-28-30-32-34-41(43)49-40(39-48-50(44,45)47-37-35-42)38-46-36-33-31-29-27-25-23-18-16-14-12-10-8-6-4-2/h8,10-11,13-14,16-17,19,40H,3-7,9,12,15,18,20-39,42H2,1-2H3,(H,44,45)/b10-8-,13-11-,16-14-,19-17-. The summed E-state index contributed by atoms with van der Waals surface area (Å²) in [5.74, 6) is -0.344. The van der Waals surface area contributed by atoms with Crippen LogP contribution in [0.15, 0.2) is 48.6 Å². The molecule has 2 unspecified atom stereocenters. The van der Waals surface area contributed by atoms with Gasteiger partial charge in [-0.15, -0.1) is 0 Å². The van der Waals surface area contributed by atoms with Crippen LogP contribution in [0.1, 0.15) is 168 Å². The molecule has 0 bridgehead atoms. The van der Waals surface area contributed by atoms with E-state index in [-0.39, 0.29) is 32.3 Å². The van der Waals surface area contributed by atoms with Gasteiger partial charge in [0, 0.05) is 19.6 Å². The molecule has 0 saturated heterocycles. The van der Waals surface area contributed by atoms with E-state index in [1.807, 2.05) is 0 Å². The summed E-state index contributed by atoms with van der Waals surface area (Å²) < 4.78 is 33.3. The Hall–Kier alpha value is -1.54. The number of allylic oxidation sites excluding steroid dienone is 8. The van der Waals surface area contributed by atoms with Gasteiger partial charge >= 0.3 is 13.8 Å². The minimum absolute atomic E-state index is 0.0954. The third-order valence-corrected chi connectivity index (χ3v) is 9.18. The fraction of sp³-hybridized carbons (Fsp3) is 0.780. The first-order valence-corrected chi connectivity index (χ1v) is 21.6. The lowest BCUT2D eigenvalue weighted by Crippen LogP contribution is -2.28. The quantitative estimate of drug-likeness (QED) is 0.0279. The van der Waals surface area contributed by atoms with Gasteiger partial charge in [0.2, 0.25) is 0 Å². The van der Waals surface area contributed by atoms with E-state index in [0.29, 0.717) is 13.0 Å². The molecule has 0 amide bonds. The molecule has 0 aromatic heterocycles. The molecular weight excluding hydrogens is 649 g/mol. The highest BCUT2D eigenvalue weighted by Gasteiger charge is 2.25. The number of ether oxygens (including phenoxy) is 2. The number of esters is 1. The molecule has 9 heteroatoms. The third kappa shape index (κ3) is 37.7. The molecule has 0 rings (SSSR count). The van der Waals surface area contributed by atoms with Crippen LogP contribution in [0.25, 0.3) is 0 Å². The van der Waals surface area contributed by atoms with Gasteiger partial charge in [-0.25, -0.2) is 4.57 Å². The van der Waals surface area contributed by atoms with Gasteiger partial charge in [0.15, 0.2) is 0 Å². The molecule has 0 aliphatic carbocycles. The van der Waals surface area contributed by atoms with Crippen LogP contribution in [0.4, 0.5) is 0 Å². The Bertz CT molecular complexity index is 905. The molecule has 3 N–H and O–H groups in total. The van der Waals surface area contributed by atoms with Gasteiger partial charge in [0.05, 0.1) is 19.8 Å². The molecule has 292 valence electrons. The van der Waals surface area contributed by atoms with Crippen LogP contribution in [-0.4, -0.2) is 49.9 Å². The molecule has 0 aliphatic heterocycles. The van der Waals surface area contributed by atoms with E-state index in [1.165, 1.54) is 77.0 Å². The van der Waals surface area contributed by atoms with Crippen molar-refractivity contribution >= 4 is 13.8 Å². The zero-order valence-corrected chi connectivity index (χ0v) is 33.0. The van der Waals surface area contributed by atoms with E-state index in [2.05, 4.69) is 62.5 Å². The van der Waals surface area contributed by atoms with Crippen LogP contribution in [-0.2, 0) is 27.9 Å². The maximum atomic E-state index is 12.6. The van der Waals surface area contributed by atoms with Gasteiger partial charge in [0.25, 0.3) is 0 Å². The van der Waals surface area contributed by atoms with Gasteiger partial charge < -0.3 is 20.1 Å². The molecule has 0 aromatic carbocycles. The molecule has 0 aromatic rings. The normalized spacial score (nSPS) is 14.1. The molecule has 8 nitrogen and oxygen atoms in total. The Balaban J connectivity index is 4.10. The smallest absolute Gasteiger partial charge is 0.457 e. The van der Waals surface area contributed by atoms with Crippen molar-refractivity contribution in [2.75, 3.05) is 33.0 Å². The van der Waals surface area contributed by atoms with Crippen LogP contribution in [0, 0.1) is 0 Å². The lowest BCUT2D eigenvalue weighted by Gasteiger charge is -2.20. The summed E-state index contributed by atoms with van der Waals surface area (Å²) in [7, 11) is -4.28. The lowest BCUT2D eigenvalue weighted by atomic mass is 10.1. The number of unbranched alkanes of at least 4 members (excludes halogenated alkanes) is 17. The summed E-state index contributed by atoms with van der Waals surface area (Å²) in [5, 5.41) is 0. The Morgan fingerprint density at radius 1 is 0.600 bits per heavy atom. The minimum Gasteiger partial charge on any atom is -0.457 e. The number of carbonyl (C=O) groups excluding carboxylic acids is 1. The first-order valence-electron chi connectivity index (χ1n) is 20.1. The van der Waals surface area contributed by atoms with Gasteiger partial charge in [-0.2, -0.15) is 0 Å². The zero-order chi connectivity index (χ0) is 36.6. The van der Waals surface area contributed by atoms with E-state index in [1.54, 1.807) is 0 Å². The molecule has 50 heavy (non-hydrogen) atoms. The number of hydrogen-bond donors (Lipinski definition) is 2. The molecule has 0 aliphatic rings. The molecule has 0 saturated carbocycles. The van der Waals surface area contributed by atoms with Crippen LogP contribution < -0.4 is 5.73 Å².